The molecule has 1 heterocycles. The number of amides is 1. The Morgan fingerprint density at radius 2 is 1.94 bits per heavy atom. The average Bonchev–Trinajstić information content (AvgIpc) is 2.81. The fraction of sp³-hybridized carbons (Fsp3) is 0.357. The summed E-state index contributed by atoms with van der Waals surface area (Å²) in [5.41, 5.74) is 6.21. The number of benzene rings is 2. The van der Waals surface area contributed by atoms with E-state index in [1.807, 2.05) is 12.3 Å². The summed E-state index contributed by atoms with van der Waals surface area (Å²) in [6.45, 7) is 3.65. The Morgan fingerprint density at radius 3 is 2.66 bits per heavy atom. The van der Waals surface area contributed by atoms with Crippen molar-refractivity contribution in [1.29, 1.82) is 0 Å². The van der Waals surface area contributed by atoms with Crippen LogP contribution in [0.3, 0.4) is 0 Å². The van der Waals surface area contributed by atoms with Gasteiger partial charge in [-0.2, -0.15) is 0 Å². The molecule has 35 heavy (non-hydrogen) atoms. The Balaban J connectivity index is 1.49. The van der Waals surface area contributed by atoms with E-state index in [0.717, 1.165) is 42.0 Å². The van der Waals surface area contributed by atoms with Crippen LogP contribution in [0.1, 0.15) is 48.1 Å². The van der Waals surface area contributed by atoms with Crippen LogP contribution in [0.5, 0.6) is 0 Å². The fourth-order valence-electron chi connectivity index (χ4n) is 4.88. The zero-order valence-corrected chi connectivity index (χ0v) is 20.0. The summed E-state index contributed by atoms with van der Waals surface area (Å²) < 4.78 is 27.3. The average molecular weight is 480 g/mol. The zero-order chi connectivity index (χ0) is 24.9. The fourth-order valence-corrected chi connectivity index (χ4v) is 4.88. The molecule has 1 aromatic heterocycles. The number of carbonyl (C=O) groups is 1. The van der Waals surface area contributed by atoms with Crippen LogP contribution in [-0.2, 0) is 17.6 Å². The van der Waals surface area contributed by atoms with Crippen LogP contribution < -0.4 is 10.6 Å². The van der Waals surface area contributed by atoms with Gasteiger partial charge in [0.25, 0.3) is 0 Å². The lowest BCUT2D eigenvalue weighted by molar-refractivity contribution is -0.120. The number of rotatable bonds is 8. The molecule has 0 aliphatic heterocycles. The van der Waals surface area contributed by atoms with Crippen LogP contribution in [0.15, 0.2) is 54.9 Å². The predicted molar refractivity (Wildman–Crippen MR) is 132 cm³/mol. The van der Waals surface area contributed by atoms with Crippen molar-refractivity contribution < 1.29 is 18.7 Å². The molecular formula is C28H31F2N3O2. The van der Waals surface area contributed by atoms with Gasteiger partial charge in [-0.3, -0.25) is 9.78 Å². The second-order valence-corrected chi connectivity index (χ2v) is 9.31. The van der Waals surface area contributed by atoms with Gasteiger partial charge in [0.15, 0.2) is 0 Å². The standard InChI is InChI=1S/C28H31F2N3O2/c1-17-8-9-31-15-25(17)21-7-6-20-4-3-5-26(24(20)13-21)32-16-28(35)27(33-18(2)34)12-19-10-22(29)14-23(30)11-19/h6-11,13-15,26-28,32,35H,3-5,12,16H2,1-2H3,(H,33,34)/t26-,27-,28+/m0/s1. The number of carbonyl (C=O) groups excluding carboxylic acids is 1. The highest BCUT2D eigenvalue weighted by Gasteiger charge is 2.25. The number of aromatic nitrogens is 1. The first-order valence-electron chi connectivity index (χ1n) is 12.0. The van der Waals surface area contributed by atoms with E-state index in [4.69, 9.17) is 0 Å². The number of hydrogen-bond acceptors (Lipinski definition) is 4. The van der Waals surface area contributed by atoms with Crippen LogP contribution in [0.2, 0.25) is 0 Å². The predicted octanol–water partition coefficient (Wildman–Crippen LogP) is 4.41. The molecule has 1 aliphatic rings. The lowest BCUT2D eigenvalue weighted by Crippen LogP contribution is -2.48. The van der Waals surface area contributed by atoms with E-state index in [0.29, 0.717) is 5.56 Å². The van der Waals surface area contributed by atoms with E-state index in [2.05, 4.69) is 40.7 Å². The Bertz CT molecular complexity index is 1180. The molecule has 7 heteroatoms. The quantitative estimate of drug-likeness (QED) is 0.448. The number of aliphatic hydroxyl groups excluding tert-OH is 1. The molecule has 4 rings (SSSR count). The van der Waals surface area contributed by atoms with E-state index in [9.17, 15) is 18.7 Å². The summed E-state index contributed by atoms with van der Waals surface area (Å²) in [5, 5.41) is 17.1. The molecule has 5 nitrogen and oxygen atoms in total. The number of pyridine rings is 1. The normalized spacial score (nSPS) is 16.9. The van der Waals surface area contributed by atoms with Crippen molar-refractivity contribution in [3.63, 3.8) is 0 Å². The van der Waals surface area contributed by atoms with Crippen molar-refractivity contribution in [2.45, 2.75) is 57.7 Å². The Labute approximate surface area is 204 Å². The van der Waals surface area contributed by atoms with Crippen LogP contribution >= 0.6 is 0 Å². The molecule has 0 saturated carbocycles. The van der Waals surface area contributed by atoms with Gasteiger partial charge in [0.1, 0.15) is 11.6 Å². The van der Waals surface area contributed by atoms with Crippen molar-refractivity contribution in [2.75, 3.05) is 6.54 Å². The number of nitrogens with zero attached hydrogens (tertiary/aromatic N) is 1. The van der Waals surface area contributed by atoms with Crippen LogP contribution in [0.4, 0.5) is 8.78 Å². The maximum Gasteiger partial charge on any atom is 0.217 e. The lowest BCUT2D eigenvalue weighted by Gasteiger charge is -2.30. The summed E-state index contributed by atoms with van der Waals surface area (Å²) in [7, 11) is 0. The second kappa shape index (κ2) is 11.1. The molecule has 3 N–H and O–H groups in total. The maximum absolute atomic E-state index is 13.6. The number of fused-ring (bicyclic) bond motifs is 1. The summed E-state index contributed by atoms with van der Waals surface area (Å²) >= 11 is 0. The number of aliphatic hydroxyl groups is 1. The van der Waals surface area contributed by atoms with Crippen molar-refractivity contribution >= 4 is 5.91 Å². The largest absolute Gasteiger partial charge is 0.390 e. The number of aryl methyl sites for hydroxylation is 2. The van der Waals surface area contributed by atoms with E-state index in [-0.39, 0.29) is 24.9 Å². The van der Waals surface area contributed by atoms with Gasteiger partial charge < -0.3 is 15.7 Å². The smallest absolute Gasteiger partial charge is 0.217 e. The molecule has 0 bridgehead atoms. The van der Waals surface area contributed by atoms with Gasteiger partial charge in [-0.1, -0.05) is 12.1 Å². The third-order valence-electron chi connectivity index (χ3n) is 6.61. The zero-order valence-electron chi connectivity index (χ0n) is 20.0. The molecule has 0 radical (unpaired) electrons. The molecule has 0 spiro atoms. The van der Waals surface area contributed by atoms with Crippen LogP contribution in [-0.4, -0.2) is 34.7 Å². The number of nitrogens with one attached hydrogen (secondary N) is 2. The SMILES string of the molecule is CC(=O)N[C@@H](Cc1cc(F)cc(F)c1)[C@H](O)CN[C@H]1CCCc2ccc(-c3cnccc3C)cc21. The number of halogens is 2. The molecule has 3 aromatic rings. The highest BCUT2D eigenvalue weighted by atomic mass is 19.1. The lowest BCUT2D eigenvalue weighted by atomic mass is 9.85. The first-order valence-corrected chi connectivity index (χ1v) is 12.0. The molecule has 0 unspecified atom stereocenters. The van der Waals surface area contributed by atoms with E-state index in [1.165, 1.54) is 30.2 Å². The van der Waals surface area contributed by atoms with E-state index >= 15 is 0 Å². The molecule has 2 aromatic carbocycles. The topological polar surface area (TPSA) is 74.2 Å². The van der Waals surface area contributed by atoms with E-state index < -0.39 is 23.8 Å². The summed E-state index contributed by atoms with van der Waals surface area (Å²) in [5.74, 6) is -1.69. The first-order chi connectivity index (χ1) is 16.8. The van der Waals surface area contributed by atoms with Gasteiger partial charge in [-0.15, -0.1) is 0 Å². The van der Waals surface area contributed by atoms with Crippen molar-refractivity contribution in [1.82, 2.24) is 15.6 Å². The molecule has 0 saturated heterocycles. The van der Waals surface area contributed by atoms with E-state index in [1.54, 1.807) is 6.20 Å². The summed E-state index contributed by atoms with van der Waals surface area (Å²) in [6.07, 6.45) is 5.79. The minimum absolute atomic E-state index is 0.0509. The van der Waals surface area contributed by atoms with Gasteiger partial charge in [0.2, 0.25) is 5.91 Å². The highest BCUT2D eigenvalue weighted by molar-refractivity contribution is 5.73. The molecule has 1 aliphatic carbocycles. The molecular weight excluding hydrogens is 448 g/mol. The second-order valence-electron chi connectivity index (χ2n) is 9.31. The van der Waals surface area contributed by atoms with Crippen molar-refractivity contribution in [2.24, 2.45) is 0 Å². The van der Waals surface area contributed by atoms with Gasteiger partial charge in [-0.25, -0.2) is 8.78 Å². The van der Waals surface area contributed by atoms with Gasteiger partial charge in [0.05, 0.1) is 12.1 Å². The summed E-state index contributed by atoms with van der Waals surface area (Å²) in [6, 6.07) is 11.1. The molecule has 1 amide bonds. The Morgan fingerprint density at radius 1 is 1.17 bits per heavy atom. The van der Waals surface area contributed by atoms with Gasteiger partial charge in [0, 0.05) is 43.5 Å². The first kappa shape index (κ1) is 24.9. The molecule has 3 atom stereocenters. The van der Waals surface area contributed by atoms with Crippen molar-refractivity contribution in [3.8, 4) is 11.1 Å². The maximum atomic E-state index is 13.6. The Hall–Kier alpha value is -3.16. The molecule has 0 fully saturated rings. The van der Waals surface area contributed by atoms with Crippen LogP contribution in [0.25, 0.3) is 11.1 Å². The molecule has 184 valence electrons. The minimum Gasteiger partial charge on any atom is -0.390 e. The summed E-state index contributed by atoms with van der Waals surface area (Å²) in [4.78, 5) is 16.0. The number of hydrogen-bond donors (Lipinski definition) is 3. The van der Waals surface area contributed by atoms with Crippen LogP contribution in [0, 0.1) is 18.6 Å². The monoisotopic (exact) mass is 479 g/mol. The third-order valence-corrected chi connectivity index (χ3v) is 6.61. The third kappa shape index (κ3) is 6.29. The Kier molecular flexibility index (Phi) is 7.88. The van der Waals surface area contributed by atoms with Crippen molar-refractivity contribution in [3.05, 3.63) is 88.7 Å². The highest BCUT2D eigenvalue weighted by Crippen LogP contribution is 2.34. The minimum atomic E-state index is -0.945. The van der Waals surface area contributed by atoms with Gasteiger partial charge >= 0.3 is 0 Å². The van der Waals surface area contributed by atoms with Gasteiger partial charge in [-0.05, 0) is 84.7 Å².